The van der Waals surface area contributed by atoms with Gasteiger partial charge in [-0.15, -0.1) is 0 Å². The number of hydrogen-bond acceptors (Lipinski definition) is 1. The average Bonchev–Trinajstić information content (AvgIpc) is 2.76. The van der Waals surface area contributed by atoms with Gasteiger partial charge in [0.2, 0.25) is 0 Å². The van der Waals surface area contributed by atoms with Gasteiger partial charge in [0, 0.05) is 0 Å². The third-order valence-electron chi connectivity index (χ3n) is 3.31. The Morgan fingerprint density at radius 3 is 2.65 bits per heavy atom. The van der Waals surface area contributed by atoms with Gasteiger partial charge in [-0.2, -0.15) is 5.26 Å². The Balaban J connectivity index is 2.25. The molecule has 0 atom stereocenters. The summed E-state index contributed by atoms with van der Waals surface area (Å²) in [6.45, 7) is 3.82. The molecule has 3 rings (SSSR count). The minimum atomic E-state index is 0.551. The second kappa shape index (κ2) is 3.61. The first-order chi connectivity index (χ1) is 8.31. The van der Waals surface area contributed by atoms with Crippen LogP contribution in [0.5, 0.6) is 0 Å². The summed E-state index contributed by atoms with van der Waals surface area (Å²) < 4.78 is 0. The lowest BCUT2D eigenvalue weighted by Gasteiger charge is -2.05. The summed E-state index contributed by atoms with van der Waals surface area (Å²) in [5, 5.41) is 8.99. The van der Waals surface area contributed by atoms with Crippen LogP contribution in [0.4, 0.5) is 0 Å². The molecule has 1 nitrogen and oxygen atoms in total. The van der Waals surface area contributed by atoms with E-state index in [1.807, 2.05) is 12.1 Å². The van der Waals surface area contributed by atoms with E-state index in [1.54, 1.807) is 0 Å². The molecule has 0 aromatic heterocycles. The quantitative estimate of drug-likeness (QED) is 0.569. The third-order valence-corrected chi connectivity index (χ3v) is 3.31. The van der Waals surface area contributed by atoms with Crippen LogP contribution in [0.25, 0.3) is 16.7 Å². The number of benzene rings is 2. The van der Waals surface area contributed by atoms with Crippen LogP contribution in [0, 0.1) is 11.3 Å². The summed E-state index contributed by atoms with van der Waals surface area (Å²) in [6.07, 6.45) is 0.905. The van der Waals surface area contributed by atoms with Gasteiger partial charge in [0.25, 0.3) is 0 Å². The molecule has 17 heavy (non-hydrogen) atoms. The smallest absolute Gasteiger partial charge is 0.0991 e. The predicted molar refractivity (Wildman–Crippen MR) is 69.3 cm³/mol. The van der Waals surface area contributed by atoms with E-state index in [9.17, 15) is 0 Å². The largest absolute Gasteiger partial charge is 0.192 e. The second-order valence-electron chi connectivity index (χ2n) is 4.26. The molecular formula is C16H11N. The lowest BCUT2D eigenvalue weighted by atomic mass is 9.97. The molecule has 2 aromatic carbocycles. The Labute approximate surface area is 101 Å². The fraction of sp³-hybridized carbons (Fsp3) is 0.0625. The van der Waals surface area contributed by atoms with E-state index in [-0.39, 0.29) is 0 Å². The molecular weight excluding hydrogens is 206 g/mol. The maximum atomic E-state index is 8.99. The standard InChI is InChI=1S/C16H11N/c1-11(10-17)13-7-4-8-15-14-6-3-2-5-12(14)9-16(13)15/h2-8H,1,9H2. The van der Waals surface area contributed by atoms with E-state index >= 15 is 0 Å². The average molecular weight is 217 g/mol. The molecule has 0 fully saturated rings. The van der Waals surface area contributed by atoms with Gasteiger partial charge in [-0.25, -0.2) is 0 Å². The topological polar surface area (TPSA) is 23.8 Å². The number of nitriles is 1. The molecule has 0 aliphatic heterocycles. The van der Waals surface area contributed by atoms with Crippen LogP contribution >= 0.6 is 0 Å². The maximum absolute atomic E-state index is 8.99. The van der Waals surface area contributed by atoms with Gasteiger partial charge in [0.05, 0.1) is 11.6 Å². The number of nitrogens with zero attached hydrogens (tertiary/aromatic N) is 1. The van der Waals surface area contributed by atoms with Crippen LogP contribution < -0.4 is 0 Å². The van der Waals surface area contributed by atoms with Crippen molar-refractivity contribution in [2.75, 3.05) is 0 Å². The summed E-state index contributed by atoms with van der Waals surface area (Å²) in [6, 6.07) is 16.6. The van der Waals surface area contributed by atoms with Crippen LogP contribution in [0.3, 0.4) is 0 Å². The van der Waals surface area contributed by atoms with Gasteiger partial charge in [-0.3, -0.25) is 0 Å². The zero-order chi connectivity index (χ0) is 11.8. The molecule has 0 heterocycles. The predicted octanol–water partition coefficient (Wildman–Crippen LogP) is 3.79. The lowest BCUT2D eigenvalue weighted by molar-refractivity contribution is 1.25. The Morgan fingerprint density at radius 2 is 1.82 bits per heavy atom. The van der Waals surface area contributed by atoms with Crippen molar-refractivity contribution in [3.63, 3.8) is 0 Å². The van der Waals surface area contributed by atoms with Gasteiger partial charge in [0.1, 0.15) is 0 Å². The zero-order valence-corrected chi connectivity index (χ0v) is 9.40. The second-order valence-corrected chi connectivity index (χ2v) is 4.26. The molecule has 0 bridgehead atoms. The summed E-state index contributed by atoms with van der Waals surface area (Å²) in [7, 11) is 0. The Kier molecular flexibility index (Phi) is 2.09. The van der Waals surface area contributed by atoms with Crippen molar-refractivity contribution in [2.45, 2.75) is 6.42 Å². The van der Waals surface area contributed by atoms with Crippen molar-refractivity contribution < 1.29 is 0 Å². The molecule has 0 saturated carbocycles. The third kappa shape index (κ3) is 1.38. The summed E-state index contributed by atoms with van der Waals surface area (Å²) in [5.74, 6) is 0. The van der Waals surface area contributed by atoms with Gasteiger partial charge in [0.15, 0.2) is 0 Å². The molecule has 1 aliphatic carbocycles. The van der Waals surface area contributed by atoms with Crippen LogP contribution in [0.1, 0.15) is 16.7 Å². The Bertz CT molecular complexity index is 659. The van der Waals surface area contributed by atoms with Crippen molar-refractivity contribution in [3.8, 4) is 17.2 Å². The van der Waals surface area contributed by atoms with Crippen molar-refractivity contribution >= 4 is 5.57 Å². The fourth-order valence-electron chi connectivity index (χ4n) is 2.50. The van der Waals surface area contributed by atoms with E-state index in [4.69, 9.17) is 5.26 Å². The van der Waals surface area contributed by atoms with Crippen LogP contribution in [-0.4, -0.2) is 0 Å². The highest BCUT2D eigenvalue weighted by Gasteiger charge is 2.20. The van der Waals surface area contributed by atoms with Crippen LogP contribution in [-0.2, 0) is 6.42 Å². The monoisotopic (exact) mass is 217 g/mol. The van der Waals surface area contributed by atoms with Gasteiger partial charge >= 0.3 is 0 Å². The van der Waals surface area contributed by atoms with Gasteiger partial charge in [-0.1, -0.05) is 49.0 Å². The van der Waals surface area contributed by atoms with Crippen molar-refractivity contribution in [3.05, 3.63) is 65.7 Å². The summed E-state index contributed by atoms with van der Waals surface area (Å²) in [4.78, 5) is 0. The minimum Gasteiger partial charge on any atom is -0.192 e. The molecule has 0 amide bonds. The highest BCUT2D eigenvalue weighted by molar-refractivity contribution is 5.86. The molecule has 80 valence electrons. The summed E-state index contributed by atoms with van der Waals surface area (Å²) >= 11 is 0. The molecule has 0 radical (unpaired) electrons. The highest BCUT2D eigenvalue weighted by Crippen LogP contribution is 2.39. The molecule has 0 saturated heterocycles. The zero-order valence-electron chi connectivity index (χ0n) is 9.40. The van der Waals surface area contributed by atoms with Crippen LogP contribution in [0.2, 0.25) is 0 Å². The first-order valence-electron chi connectivity index (χ1n) is 5.61. The lowest BCUT2D eigenvalue weighted by Crippen LogP contribution is -1.89. The van der Waals surface area contributed by atoms with Gasteiger partial charge < -0.3 is 0 Å². The molecule has 2 aromatic rings. The van der Waals surface area contributed by atoms with Crippen molar-refractivity contribution in [1.82, 2.24) is 0 Å². The van der Waals surface area contributed by atoms with Gasteiger partial charge in [-0.05, 0) is 34.2 Å². The number of fused-ring (bicyclic) bond motifs is 3. The van der Waals surface area contributed by atoms with E-state index < -0.39 is 0 Å². The highest BCUT2D eigenvalue weighted by atomic mass is 14.3. The van der Waals surface area contributed by atoms with E-state index in [0.717, 1.165) is 12.0 Å². The van der Waals surface area contributed by atoms with E-state index in [2.05, 4.69) is 43.0 Å². The molecule has 0 spiro atoms. The molecule has 1 aliphatic rings. The van der Waals surface area contributed by atoms with Crippen molar-refractivity contribution in [1.29, 1.82) is 5.26 Å². The van der Waals surface area contributed by atoms with Crippen molar-refractivity contribution in [2.24, 2.45) is 0 Å². The first kappa shape index (κ1) is 9.86. The molecule has 0 N–H and O–H groups in total. The maximum Gasteiger partial charge on any atom is 0.0991 e. The number of hydrogen-bond donors (Lipinski definition) is 0. The fourth-order valence-corrected chi connectivity index (χ4v) is 2.50. The normalized spacial score (nSPS) is 11.5. The first-order valence-corrected chi connectivity index (χ1v) is 5.61. The Morgan fingerprint density at radius 1 is 1.06 bits per heavy atom. The minimum absolute atomic E-state index is 0.551. The summed E-state index contributed by atoms with van der Waals surface area (Å²) in [5.41, 5.74) is 6.64. The van der Waals surface area contributed by atoms with Crippen LogP contribution in [0.15, 0.2) is 49.0 Å². The van der Waals surface area contributed by atoms with E-state index in [0.29, 0.717) is 5.57 Å². The molecule has 0 unspecified atom stereocenters. The Hall–Kier alpha value is -2.33. The molecule has 1 heteroatoms. The number of allylic oxidation sites excluding steroid dienone is 1. The van der Waals surface area contributed by atoms with E-state index in [1.165, 1.54) is 22.3 Å². The SMILES string of the molecule is C=C(C#N)c1cccc2c1Cc1ccccc1-2. The number of rotatable bonds is 1.